The van der Waals surface area contributed by atoms with Crippen molar-refractivity contribution in [2.75, 3.05) is 0 Å². The molecular formula is C13H11BrFNOS. The molecule has 0 spiro atoms. The van der Waals surface area contributed by atoms with Crippen molar-refractivity contribution in [1.82, 2.24) is 4.98 Å². The van der Waals surface area contributed by atoms with Gasteiger partial charge in [0.05, 0.1) is 16.6 Å². The van der Waals surface area contributed by atoms with Gasteiger partial charge in [0, 0.05) is 10.4 Å². The van der Waals surface area contributed by atoms with Crippen LogP contribution in [-0.2, 0) is 6.42 Å². The quantitative estimate of drug-likeness (QED) is 0.795. The summed E-state index contributed by atoms with van der Waals surface area (Å²) in [7, 11) is 0. The number of halogens is 2. The Morgan fingerprint density at radius 1 is 1.44 bits per heavy atom. The third-order valence-corrected chi connectivity index (χ3v) is 4.31. The second-order valence-corrected chi connectivity index (χ2v) is 6.12. The molecule has 0 N–H and O–H groups in total. The number of hydrogen-bond acceptors (Lipinski definition) is 3. The highest BCUT2D eigenvalue weighted by molar-refractivity contribution is 9.10. The van der Waals surface area contributed by atoms with E-state index in [0.717, 1.165) is 15.6 Å². The molecule has 0 atom stereocenters. The van der Waals surface area contributed by atoms with Crippen LogP contribution in [-0.4, -0.2) is 10.8 Å². The Kier molecular flexibility index (Phi) is 3.92. The number of aromatic nitrogens is 1. The molecular weight excluding hydrogens is 317 g/mol. The van der Waals surface area contributed by atoms with Crippen molar-refractivity contribution in [3.63, 3.8) is 0 Å². The zero-order valence-corrected chi connectivity index (χ0v) is 12.4. The largest absolute Gasteiger partial charge is 0.294 e. The van der Waals surface area contributed by atoms with E-state index >= 15 is 0 Å². The second-order valence-electron chi connectivity index (χ2n) is 3.98. The summed E-state index contributed by atoms with van der Waals surface area (Å²) >= 11 is 4.60. The molecule has 0 saturated carbocycles. The number of aryl methyl sites for hydroxylation is 2. The van der Waals surface area contributed by atoms with E-state index in [1.807, 2.05) is 13.8 Å². The molecule has 0 aliphatic rings. The number of rotatable bonds is 3. The molecule has 2 nitrogen and oxygen atoms in total. The molecule has 1 heterocycles. The van der Waals surface area contributed by atoms with Crippen LogP contribution in [0.3, 0.4) is 0 Å². The first kappa shape index (κ1) is 13.4. The number of nitrogens with zero attached hydrogens (tertiary/aromatic N) is 1. The monoisotopic (exact) mass is 327 g/mol. The summed E-state index contributed by atoms with van der Waals surface area (Å²) in [5.41, 5.74) is 1.46. The molecule has 94 valence electrons. The number of Topliss-reactive ketones (excluding diaryl/α,β-unsaturated/α-hetero) is 1. The Hall–Kier alpha value is -1.07. The predicted molar refractivity (Wildman–Crippen MR) is 73.7 cm³/mol. The zero-order valence-electron chi connectivity index (χ0n) is 9.96. The summed E-state index contributed by atoms with van der Waals surface area (Å²) in [6.45, 7) is 3.91. The summed E-state index contributed by atoms with van der Waals surface area (Å²) in [5.74, 6) is -0.420. The van der Waals surface area contributed by atoms with E-state index in [0.29, 0.717) is 10.0 Å². The van der Waals surface area contributed by atoms with Crippen LogP contribution in [0.4, 0.5) is 4.39 Å². The topological polar surface area (TPSA) is 30.0 Å². The minimum absolute atomic E-state index is 0.0514. The fourth-order valence-corrected chi connectivity index (χ4v) is 2.84. The van der Waals surface area contributed by atoms with Crippen molar-refractivity contribution in [3.8, 4) is 0 Å². The van der Waals surface area contributed by atoms with Crippen LogP contribution in [0.5, 0.6) is 0 Å². The van der Waals surface area contributed by atoms with Crippen molar-refractivity contribution >= 4 is 33.0 Å². The van der Waals surface area contributed by atoms with Gasteiger partial charge in [-0.15, -0.1) is 11.3 Å². The summed E-state index contributed by atoms with van der Waals surface area (Å²) in [5, 5.41) is 0.801. The summed E-state index contributed by atoms with van der Waals surface area (Å²) in [4.78, 5) is 17.5. The molecule has 1 aromatic carbocycles. The van der Waals surface area contributed by atoms with Crippen LogP contribution in [0.15, 0.2) is 22.7 Å². The highest BCUT2D eigenvalue weighted by Crippen LogP contribution is 2.21. The van der Waals surface area contributed by atoms with Crippen LogP contribution in [0.1, 0.15) is 25.9 Å². The molecule has 5 heteroatoms. The molecule has 2 rings (SSSR count). The first-order valence-electron chi connectivity index (χ1n) is 5.38. The van der Waals surface area contributed by atoms with E-state index < -0.39 is 0 Å². The van der Waals surface area contributed by atoms with E-state index in [1.165, 1.54) is 29.5 Å². The predicted octanol–water partition coefficient (Wildman–Crippen LogP) is 4.09. The molecule has 0 unspecified atom stereocenters. The van der Waals surface area contributed by atoms with Gasteiger partial charge < -0.3 is 0 Å². The van der Waals surface area contributed by atoms with Crippen molar-refractivity contribution in [2.24, 2.45) is 0 Å². The lowest BCUT2D eigenvalue weighted by Crippen LogP contribution is -2.03. The Labute approximate surface area is 117 Å². The van der Waals surface area contributed by atoms with Gasteiger partial charge in [-0.3, -0.25) is 4.79 Å². The SMILES string of the molecule is Cc1nc(CC(=O)c2ccc(F)c(Br)c2)sc1C. The Balaban J connectivity index is 2.19. The van der Waals surface area contributed by atoms with E-state index in [4.69, 9.17) is 0 Å². The Morgan fingerprint density at radius 3 is 2.72 bits per heavy atom. The Morgan fingerprint density at radius 2 is 2.17 bits per heavy atom. The molecule has 0 aliphatic carbocycles. The van der Waals surface area contributed by atoms with Crippen molar-refractivity contribution < 1.29 is 9.18 Å². The van der Waals surface area contributed by atoms with E-state index in [9.17, 15) is 9.18 Å². The van der Waals surface area contributed by atoms with Gasteiger partial charge >= 0.3 is 0 Å². The van der Waals surface area contributed by atoms with Crippen LogP contribution in [0.2, 0.25) is 0 Å². The number of carbonyl (C=O) groups excluding carboxylic acids is 1. The van der Waals surface area contributed by atoms with Gasteiger partial charge in [0.2, 0.25) is 0 Å². The third kappa shape index (κ3) is 2.84. The van der Waals surface area contributed by atoms with Crippen LogP contribution >= 0.6 is 27.3 Å². The number of carbonyl (C=O) groups is 1. The molecule has 2 aromatic rings. The van der Waals surface area contributed by atoms with Crippen molar-refractivity contribution in [1.29, 1.82) is 0 Å². The number of thiazole rings is 1. The molecule has 0 fully saturated rings. The van der Waals surface area contributed by atoms with Gasteiger partial charge in [-0.1, -0.05) is 0 Å². The average Bonchev–Trinajstić information content (AvgIpc) is 2.61. The van der Waals surface area contributed by atoms with Gasteiger partial charge in [-0.05, 0) is 48.0 Å². The lowest BCUT2D eigenvalue weighted by Gasteiger charge is -2.00. The molecule has 18 heavy (non-hydrogen) atoms. The van der Waals surface area contributed by atoms with Gasteiger partial charge in [0.25, 0.3) is 0 Å². The van der Waals surface area contributed by atoms with Crippen molar-refractivity contribution in [2.45, 2.75) is 20.3 Å². The summed E-state index contributed by atoms with van der Waals surface area (Å²) in [6.07, 6.45) is 0.261. The maximum absolute atomic E-state index is 13.1. The van der Waals surface area contributed by atoms with Gasteiger partial charge in [0.15, 0.2) is 5.78 Å². The van der Waals surface area contributed by atoms with E-state index in [1.54, 1.807) is 0 Å². The second kappa shape index (κ2) is 5.28. The molecule has 0 radical (unpaired) electrons. The Bertz CT molecular complexity index is 590. The van der Waals surface area contributed by atoms with E-state index in [-0.39, 0.29) is 18.0 Å². The molecule has 0 amide bonds. The molecule has 0 bridgehead atoms. The standard InChI is InChI=1S/C13H11BrFNOS/c1-7-8(2)18-13(16-7)6-12(17)9-3-4-11(15)10(14)5-9/h3-5H,6H2,1-2H3. The third-order valence-electron chi connectivity index (χ3n) is 2.63. The number of benzene rings is 1. The fraction of sp³-hybridized carbons (Fsp3) is 0.231. The molecule has 0 aliphatic heterocycles. The molecule has 0 saturated heterocycles. The van der Waals surface area contributed by atoms with Gasteiger partial charge in [-0.2, -0.15) is 0 Å². The minimum Gasteiger partial charge on any atom is -0.294 e. The van der Waals surface area contributed by atoms with Crippen LogP contribution < -0.4 is 0 Å². The van der Waals surface area contributed by atoms with Gasteiger partial charge in [-0.25, -0.2) is 9.37 Å². The number of ketones is 1. The lowest BCUT2D eigenvalue weighted by atomic mass is 10.1. The summed E-state index contributed by atoms with van der Waals surface area (Å²) in [6, 6.07) is 4.29. The highest BCUT2D eigenvalue weighted by atomic mass is 79.9. The maximum atomic E-state index is 13.1. The first-order valence-corrected chi connectivity index (χ1v) is 6.99. The normalized spacial score (nSPS) is 10.7. The first-order chi connectivity index (χ1) is 8.47. The smallest absolute Gasteiger partial charge is 0.169 e. The lowest BCUT2D eigenvalue weighted by molar-refractivity contribution is 0.0993. The van der Waals surface area contributed by atoms with E-state index in [2.05, 4.69) is 20.9 Å². The van der Waals surface area contributed by atoms with Crippen molar-refractivity contribution in [3.05, 3.63) is 49.6 Å². The zero-order chi connectivity index (χ0) is 13.3. The number of hydrogen-bond donors (Lipinski definition) is 0. The fourth-order valence-electron chi connectivity index (χ4n) is 1.52. The highest BCUT2D eigenvalue weighted by Gasteiger charge is 2.12. The van der Waals surface area contributed by atoms with Crippen LogP contribution in [0, 0.1) is 19.7 Å². The summed E-state index contributed by atoms with van der Waals surface area (Å²) < 4.78 is 13.4. The minimum atomic E-state index is -0.368. The molecule has 1 aromatic heterocycles. The maximum Gasteiger partial charge on any atom is 0.169 e. The average molecular weight is 328 g/mol. The van der Waals surface area contributed by atoms with Gasteiger partial charge in [0.1, 0.15) is 10.8 Å². The van der Waals surface area contributed by atoms with Crippen LogP contribution in [0.25, 0.3) is 0 Å².